The summed E-state index contributed by atoms with van der Waals surface area (Å²) in [4.78, 5) is 14.6. The molecule has 4 rings (SSSR count). The Kier molecular flexibility index (Phi) is 3.85. The molecule has 0 fully saturated rings. The minimum atomic E-state index is 0.259. The molecule has 0 unspecified atom stereocenters. The SMILES string of the molecule is Cn1c2c(c3ccccc31)CCN(C(=O)CCc1ccccc1)C2. The van der Waals surface area contributed by atoms with Crippen molar-refractivity contribution in [1.82, 2.24) is 9.47 Å². The van der Waals surface area contributed by atoms with Crippen LogP contribution in [0, 0.1) is 0 Å². The Labute approximate surface area is 142 Å². The summed E-state index contributed by atoms with van der Waals surface area (Å²) < 4.78 is 2.25. The predicted octanol–water partition coefficient (Wildman–Crippen LogP) is 3.70. The van der Waals surface area contributed by atoms with Gasteiger partial charge in [0.05, 0.1) is 6.54 Å². The van der Waals surface area contributed by atoms with Gasteiger partial charge in [0.15, 0.2) is 0 Å². The maximum absolute atomic E-state index is 12.6. The quantitative estimate of drug-likeness (QED) is 0.723. The Morgan fingerprint density at radius 2 is 1.79 bits per heavy atom. The van der Waals surface area contributed by atoms with Crippen LogP contribution < -0.4 is 0 Å². The fraction of sp³-hybridized carbons (Fsp3) is 0.286. The second-order valence-corrected chi connectivity index (χ2v) is 6.55. The van der Waals surface area contributed by atoms with Gasteiger partial charge in [-0.3, -0.25) is 4.79 Å². The van der Waals surface area contributed by atoms with Gasteiger partial charge >= 0.3 is 0 Å². The first-order chi connectivity index (χ1) is 11.7. The third kappa shape index (κ3) is 2.60. The zero-order valence-corrected chi connectivity index (χ0v) is 14.0. The number of carbonyl (C=O) groups excluding carboxylic acids is 1. The van der Waals surface area contributed by atoms with Crippen LogP contribution in [-0.4, -0.2) is 21.9 Å². The summed E-state index contributed by atoms with van der Waals surface area (Å²) >= 11 is 0. The molecule has 1 aliphatic rings. The molecule has 3 heteroatoms. The second-order valence-electron chi connectivity index (χ2n) is 6.55. The first-order valence-electron chi connectivity index (χ1n) is 8.61. The molecule has 1 aliphatic heterocycles. The minimum Gasteiger partial charge on any atom is -0.346 e. The van der Waals surface area contributed by atoms with Crippen molar-refractivity contribution in [1.29, 1.82) is 0 Å². The molecule has 24 heavy (non-hydrogen) atoms. The van der Waals surface area contributed by atoms with Crippen molar-refractivity contribution in [2.24, 2.45) is 7.05 Å². The second kappa shape index (κ2) is 6.16. The van der Waals surface area contributed by atoms with Gasteiger partial charge in [-0.2, -0.15) is 0 Å². The van der Waals surface area contributed by atoms with Crippen molar-refractivity contribution in [2.45, 2.75) is 25.8 Å². The highest BCUT2D eigenvalue weighted by molar-refractivity contribution is 5.86. The average molecular weight is 318 g/mol. The van der Waals surface area contributed by atoms with Crippen molar-refractivity contribution in [3.05, 3.63) is 71.4 Å². The number of fused-ring (bicyclic) bond motifs is 3. The summed E-state index contributed by atoms with van der Waals surface area (Å²) in [6.07, 6.45) is 2.36. The molecule has 0 radical (unpaired) electrons. The molecule has 3 aromatic rings. The molecule has 0 spiro atoms. The highest BCUT2D eigenvalue weighted by atomic mass is 16.2. The van der Waals surface area contributed by atoms with Crippen LogP contribution in [0.1, 0.15) is 23.2 Å². The standard InChI is InChI=1S/C21H22N2O/c1-22-19-10-6-5-9-17(19)18-13-14-23(15-20(18)22)21(24)12-11-16-7-3-2-4-8-16/h2-10H,11-15H2,1H3. The van der Waals surface area contributed by atoms with E-state index >= 15 is 0 Å². The lowest BCUT2D eigenvalue weighted by atomic mass is 10.0. The van der Waals surface area contributed by atoms with Crippen LogP contribution >= 0.6 is 0 Å². The molecule has 0 aliphatic carbocycles. The van der Waals surface area contributed by atoms with E-state index in [0.29, 0.717) is 6.42 Å². The lowest BCUT2D eigenvalue weighted by Crippen LogP contribution is -2.36. The van der Waals surface area contributed by atoms with Crippen LogP contribution in [0.15, 0.2) is 54.6 Å². The van der Waals surface area contributed by atoms with Gasteiger partial charge in [-0.05, 0) is 30.0 Å². The Morgan fingerprint density at radius 1 is 1.04 bits per heavy atom. The van der Waals surface area contributed by atoms with Gasteiger partial charge in [-0.1, -0.05) is 48.5 Å². The van der Waals surface area contributed by atoms with Gasteiger partial charge in [-0.15, -0.1) is 0 Å². The summed E-state index contributed by atoms with van der Waals surface area (Å²) in [6, 6.07) is 18.8. The number of hydrogen-bond donors (Lipinski definition) is 0. The molecule has 2 heterocycles. The fourth-order valence-corrected chi connectivity index (χ4v) is 3.78. The van der Waals surface area contributed by atoms with Gasteiger partial charge in [0.2, 0.25) is 5.91 Å². The largest absolute Gasteiger partial charge is 0.346 e. The van der Waals surface area contributed by atoms with E-state index in [1.165, 1.54) is 27.7 Å². The normalized spacial score (nSPS) is 14.0. The highest BCUT2D eigenvalue weighted by Gasteiger charge is 2.25. The van der Waals surface area contributed by atoms with Crippen molar-refractivity contribution in [3.63, 3.8) is 0 Å². The molecule has 0 atom stereocenters. The number of amides is 1. The molecule has 0 saturated carbocycles. The summed E-state index contributed by atoms with van der Waals surface area (Å²) in [6.45, 7) is 1.56. The van der Waals surface area contributed by atoms with Gasteiger partial charge in [0, 0.05) is 36.6 Å². The Morgan fingerprint density at radius 3 is 2.62 bits per heavy atom. The first kappa shape index (κ1) is 15.0. The summed E-state index contributed by atoms with van der Waals surface area (Å²) in [5.41, 5.74) is 5.20. The molecule has 0 bridgehead atoms. The lowest BCUT2D eigenvalue weighted by Gasteiger charge is -2.28. The van der Waals surface area contributed by atoms with Crippen LogP contribution in [0.4, 0.5) is 0 Å². The molecule has 0 N–H and O–H groups in total. The summed E-state index contributed by atoms with van der Waals surface area (Å²) in [7, 11) is 2.11. The summed E-state index contributed by atoms with van der Waals surface area (Å²) in [5.74, 6) is 0.259. The van der Waals surface area contributed by atoms with Gasteiger partial charge in [0.25, 0.3) is 0 Å². The maximum atomic E-state index is 12.6. The van der Waals surface area contributed by atoms with Crippen LogP contribution in [-0.2, 0) is 31.2 Å². The van der Waals surface area contributed by atoms with E-state index in [1.807, 2.05) is 23.1 Å². The van der Waals surface area contributed by atoms with Gasteiger partial charge in [-0.25, -0.2) is 0 Å². The number of aryl methyl sites for hydroxylation is 2. The predicted molar refractivity (Wildman–Crippen MR) is 96.8 cm³/mol. The van der Waals surface area contributed by atoms with Crippen LogP contribution in [0.25, 0.3) is 10.9 Å². The van der Waals surface area contributed by atoms with E-state index in [-0.39, 0.29) is 5.91 Å². The molecular formula is C21H22N2O. The molecule has 1 aromatic heterocycles. The van der Waals surface area contributed by atoms with E-state index in [2.05, 4.69) is 48.0 Å². The molecule has 122 valence electrons. The fourth-order valence-electron chi connectivity index (χ4n) is 3.78. The number of aromatic nitrogens is 1. The molecule has 1 amide bonds. The van der Waals surface area contributed by atoms with Crippen LogP contribution in [0.2, 0.25) is 0 Å². The number of rotatable bonds is 3. The molecular weight excluding hydrogens is 296 g/mol. The van der Waals surface area contributed by atoms with E-state index in [0.717, 1.165) is 25.9 Å². The van der Waals surface area contributed by atoms with Crippen molar-refractivity contribution in [3.8, 4) is 0 Å². The van der Waals surface area contributed by atoms with Crippen LogP contribution in [0.3, 0.4) is 0 Å². The Bertz CT molecular complexity index is 879. The Balaban J connectivity index is 1.51. The third-order valence-corrected chi connectivity index (χ3v) is 5.14. The minimum absolute atomic E-state index is 0.259. The molecule has 0 saturated heterocycles. The third-order valence-electron chi connectivity index (χ3n) is 5.14. The maximum Gasteiger partial charge on any atom is 0.223 e. The van der Waals surface area contributed by atoms with Crippen molar-refractivity contribution >= 4 is 16.8 Å². The number of benzene rings is 2. The van der Waals surface area contributed by atoms with Crippen LogP contribution in [0.5, 0.6) is 0 Å². The zero-order chi connectivity index (χ0) is 16.5. The van der Waals surface area contributed by atoms with Crippen molar-refractivity contribution in [2.75, 3.05) is 6.54 Å². The van der Waals surface area contributed by atoms with Gasteiger partial charge < -0.3 is 9.47 Å². The molecule has 3 nitrogen and oxygen atoms in total. The number of hydrogen-bond acceptors (Lipinski definition) is 1. The highest BCUT2D eigenvalue weighted by Crippen LogP contribution is 2.30. The average Bonchev–Trinajstić information content (AvgIpc) is 2.93. The number of nitrogens with zero attached hydrogens (tertiary/aromatic N) is 2. The number of para-hydroxylation sites is 1. The smallest absolute Gasteiger partial charge is 0.223 e. The van der Waals surface area contributed by atoms with E-state index in [4.69, 9.17) is 0 Å². The molecule has 2 aromatic carbocycles. The number of carbonyl (C=O) groups is 1. The van der Waals surface area contributed by atoms with E-state index < -0.39 is 0 Å². The topological polar surface area (TPSA) is 25.2 Å². The monoisotopic (exact) mass is 318 g/mol. The summed E-state index contributed by atoms with van der Waals surface area (Å²) in [5, 5.41) is 1.34. The Hall–Kier alpha value is -2.55. The van der Waals surface area contributed by atoms with Gasteiger partial charge in [0.1, 0.15) is 0 Å². The van der Waals surface area contributed by atoms with Crippen molar-refractivity contribution < 1.29 is 4.79 Å². The van der Waals surface area contributed by atoms with E-state index in [9.17, 15) is 4.79 Å². The lowest BCUT2D eigenvalue weighted by molar-refractivity contribution is -0.132. The van der Waals surface area contributed by atoms with E-state index in [1.54, 1.807) is 0 Å². The zero-order valence-electron chi connectivity index (χ0n) is 14.0. The first-order valence-corrected chi connectivity index (χ1v) is 8.61.